The van der Waals surface area contributed by atoms with Crippen LogP contribution < -0.4 is 19.1 Å². The van der Waals surface area contributed by atoms with E-state index in [0.29, 0.717) is 45.0 Å². The first-order valence-electron chi connectivity index (χ1n) is 13.3. The Bertz CT molecular complexity index is 1460. The van der Waals surface area contributed by atoms with Crippen LogP contribution in [0.3, 0.4) is 0 Å². The summed E-state index contributed by atoms with van der Waals surface area (Å²) in [5.41, 5.74) is -1.07. The van der Waals surface area contributed by atoms with Crippen LogP contribution >= 0.6 is 0 Å². The number of methoxy groups -OCH3 is 1. The van der Waals surface area contributed by atoms with Gasteiger partial charge in [0.1, 0.15) is 11.5 Å². The molecule has 0 bridgehead atoms. The first-order chi connectivity index (χ1) is 19.4. The molecule has 0 saturated heterocycles. The van der Waals surface area contributed by atoms with E-state index < -0.39 is 35.2 Å². The second-order valence-electron chi connectivity index (χ2n) is 12.3. The number of rotatable bonds is 9. The summed E-state index contributed by atoms with van der Waals surface area (Å²) < 4.78 is 17.8. The Morgan fingerprint density at radius 3 is 2.02 bits per heavy atom. The van der Waals surface area contributed by atoms with E-state index in [1.54, 1.807) is 24.4 Å². The second-order valence-corrected chi connectivity index (χ2v) is 12.3. The number of carboxylic acid groups (broad SMARTS) is 2. The van der Waals surface area contributed by atoms with Gasteiger partial charge in [-0.05, 0) is 29.9 Å². The number of hydrogen-bond acceptors (Lipinski definition) is 9. The summed E-state index contributed by atoms with van der Waals surface area (Å²) >= 11 is 0. The molecule has 12 heteroatoms. The molecule has 1 aromatic carbocycles. The van der Waals surface area contributed by atoms with E-state index in [0.717, 1.165) is 0 Å². The Morgan fingerprint density at radius 1 is 0.881 bits per heavy atom. The minimum absolute atomic E-state index is 0.123. The van der Waals surface area contributed by atoms with Crippen LogP contribution in [0.2, 0.25) is 0 Å². The number of aliphatic hydroxyl groups is 2. The number of hydrogen-bond donors (Lipinski definition) is 4. The maximum absolute atomic E-state index is 11.9. The highest BCUT2D eigenvalue weighted by atomic mass is 16.5. The first-order valence-corrected chi connectivity index (χ1v) is 13.3. The average Bonchev–Trinajstić information content (AvgIpc) is 2.87. The van der Waals surface area contributed by atoms with Crippen molar-refractivity contribution < 1.29 is 44.2 Å². The van der Waals surface area contributed by atoms with E-state index >= 15 is 0 Å². The number of amides is 2. The standard InChI is InChI=1S/C30H39N3O9/c1-28(2,3)23-22(15-32-25(24(23)29(4,5)6)33(26(35)36)27(37)38)42-19-9-11-31-18-14-21(20(40-8)13-17(18)19)41-12-10-30(7,39)16-34/h9,11,13-15,34,39H,10,12,16H2,1-8H3,(H,35,36)(H,37,38)/t30-/m0/s1. The Hall–Kier alpha value is -4.16. The van der Waals surface area contributed by atoms with Gasteiger partial charge in [0, 0.05) is 35.2 Å². The van der Waals surface area contributed by atoms with Crippen LogP contribution in [0, 0.1) is 0 Å². The lowest BCUT2D eigenvalue weighted by Crippen LogP contribution is -2.38. The van der Waals surface area contributed by atoms with Crippen LogP contribution in [0.1, 0.15) is 66.0 Å². The molecule has 0 aliphatic heterocycles. The monoisotopic (exact) mass is 585 g/mol. The number of nitrogens with zero attached hydrogens (tertiary/aromatic N) is 3. The molecule has 0 spiro atoms. The Balaban J connectivity index is 2.18. The van der Waals surface area contributed by atoms with Gasteiger partial charge in [0.25, 0.3) is 0 Å². The molecular formula is C30H39N3O9. The van der Waals surface area contributed by atoms with Crippen molar-refractivity contribution in [1.29, 1.82) is 0 Å². The molecule has 0 fully saturated rings. The summed E-state index contributed by atoms with van der Waals surface area (Å²) in [7, 11) is 1.49. The van der Waals surface area contributed by atoms with Gasteiger partial charge in [-0.15, -0.1) is 0 Å². The predicted octanol–water partition coefficient (Wildman–Crippen LogP) is 5.70. The van der Waals surface area contributed by atoms with Crippen molar-refractivity contribution >= 4 is 28.9 Å². The molecule has 42 heavy (non-hydrogen) atoms. The predicted molar refractivity (Wildman–Crippen MR) is 156 cm³/mol. The molecule has 3 rings (SSSR count). The largest absolute Gasteiger partial charge is 0.493 e. The number of aliphatic hydroxyl groups excluding tert-OH is 1. The number of pyridine rings is 2. The number of carbonyl (C=O) groups is 2. The van der Waals surface area contributed by atoms with Gasteiger partial charge in [-0.25, -0.2) is 14.6 Å². The van der Waals surface area contributed by atoms with Crippen LogP contribution in [0.25, 0.3) is 10.9 Å². The molecule has 0 radical (unpaired) electrons. The number of benzene rings is 1. The van der Waals surface area contributed by atoms with Crippen molar-refractivity contribution in [3.63, 3.8) is 0 Å². The molecule has 0 saturated carbocycles. The van der Waals surface area contributed by atoms with E-state index in [-0.39, 0.29) is 23.7 Å². The molecule has 0 aliphatic carbocycles. The van der Waals surface area contributed by atoms with E-state index in [2.05, 4.69) is 9.97 Å². The third kappa shape index (κ3) is 7.00. The topological polar surface area (TPSA) is 172 Å². The van der Waals surface area contributed by atoms with Crippen molar-refractivity contribution in [2.45, 2.75) is 71.3 Å². The fourth-order valence-corrected chi connectivity index (χ4v) is 4.52. The normalized spacial score (nSPS) is 13.4. The van der Waals surface area contributed by atoms with Crippen LogP contribution in [-0.4, -0.2) is 68.5 Å². The van der Waals surface area contributed by atoms with Crippen molar-refractivity contribution in [1.82, 2.24) is 9.97 Å². The number of fused-ring (bicyclic) bond motifs is 1. The Labute approximate surface area is 244 Å². The molecule has 0 unspecified atom stereocenters. The zero-order chi connectivity index (χ0) is 31.6. The molecule has 3 aromatic rings. The van der Waals surface area contributed by atoms with Crippen LogP contribution in [0.5, 0.6) is 23.0 Å². The zero-order valence-corrected chi connectivity index (χ0v) is 25.2. The maximum Gasteiger partial charge on any atom is 0.422 e. The molecule has 1 atom stereocenters. The number of ether oxygens (including phenoxy) is 3. The van der Waals surface area contributed by atoms with Gasteiger partial charge < -0.3 is 34.6 Å². The van der Waals surface area contributed by atoms with Gasteiger partial charge in [-0.1, -0.05) is 41.5 Å². The number of imide groups is 1. The smallest absolute Gasteiger partial charge is 0.422 e. The van der Waals surface area contributed by atoms with Gasteiger partial charge in [-0.2, -0.15) is 4.90 Å². The lowest BCUT2D eigenvalue weighted by molar-refractivity contribution is -0.0140. The van der Waals surface area contributed by atoms with Crippen molar-refractivity contribution in [3.05, 3.63) is 41.7 Å². The lowest BCUT2D eigenvalue weighted by Gasteiger charge is -2.34. The van der Waals surface area contributed by atoms with Gasteiger partial charge >= 0.3 is 12.2 Å². The van der Waals surface area contributed by atoms with Gasteiger partial charge in [0.05, 0.1) is 37.6 Å². The van der Waals surface area contributed by atoms with Crippen molar-refractivity contribution in [3.8, 4) is 23.0 Å². The lowest BCUT2D eigenvalue weighted by atomic mass is 9.75. The van der Waals surface area contributed by atoms with E-state index in [9.17, 15) is 30.0 Å². The molecule has 2 amide bonds. The third-order valence-electron chi connectivity index (χ3n) is 6.56. The Morgan fingerprint density at radius 2 is 1.50 bits per heavy atom. The Kier molecular flexibility index (Phi) is 9.23. The number of anilines is 1. The number of aromatic nitrogens is 2. The van der Waals surface area contributed by atoms with Gasteiger partial charge in [0.2, 0.25) is 0 Å². The van der Waals surface area contributed by atoms with E-state index in [4.69, 9.17) is 14.2 Å². The quantitative estimate of drug-likeness (QED) is 0.243. The van der Waals surface area contributed by atoms with E-state index in [1.165, 1.54) is 20.2 Å². The summed E-state index contributed by atoms with van der Waals surface area (Å²) in [5.74, 6) is 1.30. The highest BCUT2D eigenvalue weighted by molar-refractivity contribution is 6.07. The van der Waals surface area contributed by atoms with Gasteiger partial charge in [0.15, 0.2) is 17.3 Å². The first kappa shape index (κ1) is 32.4. The van der Waals surface area contributed by atoms with Crippen LogP contribution in [0.15, 0.2) is 30.6 Å². The summed E-state index contributed by atoms with van der Waals surface area (Å²) in [5, 5.41) is 39.4. The fourth-order valence-electron chi connectivity index (χ4n) is 4.52. The SMILES string of the molecule is COc1cc2c(Oc3cnc(N(C(=O)O)C(=O)O)c(C(C)(C)C)c3C(C)(C)C)ccnc2cc1OCC[C@](C)(O)CO. The minimum Gasteiger partial charge on any atom is -0.493 e. The zero-order valence-electron chi connectivity index (χ0n) is 25.2. The van der Waals surface area contributed by atoms with Crippen LogP contribution in [0.4, 0.5) is 15.4 Å². The van der Waals surface area contributed by atoms with Crippen LogP contribution in [-0.2, 0) is 10.8 Å². The van der Waals surface area contributed by atoms with E-state index in [1.807, 2.05) is 41.5 Å². The average molecular weight is 586 g/mol. The maximum atomic E-state index is 11.9. The minimum atomic E-state index is -1.67. The van der Waals surface area contributed by atoms with Crippen molar-refractivity contribution in [2.24, 2.45) is 0 Å². The highest BCUT2D eigenvalue weighted by Crippen LogP contribution is 2.46. The third-order valence-corrected chi connectivity index (χ3v) is 6.56. The highest BCUT2D eigenvalue weighted by Gasteiger charge is 2.37. The molecule has 0 aliphatic rings. The second kappa shape index (κ2) is 12.0. The fraction of sp³-hybridized carbons (Fsp3) is 0.467. The molecule has 4 N–H and O–H groups in total. The molecular weight excluding hydrogens is 546 g/mol. The molecule has 228 valence electrons. The van der Waals surface area contributed by atoms with Crippen molar-refractivity contribution in [2.75, 3.05) is 25.2 Å². The summed E-state index contributed by atoms with van der Waals surface area (Å²) in [6.45, 7) is 12.5. The molecule has 12 nitrogen and oxygen atoms in total. The molecule has 2 aromatic heterocycles. The molecule has 2 heterocycles. The summed E-state index contributed by atoms with van der Waals surface area (Å²) in [6.07, 6.45) is -0.252. The summed E-state index contributed by atoms with van der Waals surface area (Å²) in [4.78, 5) is 32.8. The summed E-state index contributed by atoms with van der Waals surface area (Å²) in [6, 6.07) is 5.05. The van der Waals surface area contributed by atoms with Gasteiger partial charge in [-0.3, -0.25) is 4.98 Å².